The number of methoxy groups -OCH3 is 2. The van der Waals surface area contributed by atoms with Crippen LogP contribution in [-0.2, 0) is 16.0 Å². The van der Waals surface area contributed by atoms with Gasteiger partial charge in [0.05, 0.1) is 19.9 Å². The van der Waals surface area contributed by atoms with E-state index in [1.54, 1.807) is 12.1 Å². The van der Waals surface area contributed by atoms with Crippen LogP contribution in [0.25, 0.3) is 6.08 Å². The molecule has 0 aliphatic carbocycles. The molecular formula is C24H24ClN3O5. The van der Waals surface area contributed by atoms with Gasteiger partial charge in [0.15, 0.2) is 0 Å². The summed E-state index contributed by atoms with van der Waals surface area (Å²) in [5.74, 6) is -0.138. The summed E-state index contributed by atoms with van der Waals surface area (Å²) in [6, 6.07) is 9.71. The molecule has 4 amide bonds. The average molecular weight is 470 g/mol. The van der Waals surface area contributed by atoms with E-state index in [9.17, 15) is 14.4 Å². The highest BCUT2D eigenvalue weighted by Gasteiger charge is 2.38. The van der Waals surface area contributed by atoms with Crippen LogP contribution in [-0.4, -0.2) is 51.0 Å². The summed E-state index contributed by atoms with van der Waals surface area (Å²) in [6.07, 6.45) is 3.28. The Morgan fingerprint density at radius 2 is 1.88 bits per heavy atom. The number of nitrogens with zero attached hydrogens (tertiary/aromatic N) is 2. The summed E-state index contributed by atoms with van der Waals surface area (Å²) in [7, 11) is 2.91. The van der Waals surface area contributed by atoms with Gasteiger partial charge in [0.25, 0.3) is 11.8 Å². The van der Waals surface area contributed by atoms with Gasteiger partial charge in [-0.25, -0.2) is 9.69 Å². The molecule has 0 saturated carbocycles. The zero-order chi connectivity index (χ0) is 23.5. The first-order chi connectivity index (χ1) is 16.0. The molecule has 1 saturated heterocycles. The molecule has 172 valence electrons. The zero-order valence-electron chi connectivity index (χ0n) is 18.4. The lowest BCUT2D eigenvalue weighted by Crippen LogP contribution is -2.54. The molecule has 2 aliphatic rings. The summed E-state index contributed by atoms with van der Waals surface area (Å²) in [5.41, 5.74) is 3.03. The molecule has 1 N–H and O–H groups in total. The third-order valence-electron chi connectivity index (χ3n) is 5.70. The van der Waals surface area contributed by atoms with E-state index in [1.807, 2.05) is 18.2 Å². The number of benzene rings is 2. The van der Waals surface area contributed by atoms with Gasteiger partial charge in [-0.05, 0) is 54.3 Å². The predicted molar refractivity (Wildman–Crippen MR) is 126 cm³/mol. The minimum Gasteiger partial charge on any atom is -0.497 e. The first-order valence-electron chi connectivity index (χ1n) is 10.5. The van der Waals surface area contributed by atoms with Gasteiger partial charge in [-0.2, -0.15) is 0 Å². The Morgan fingerprint density at radius 3 is 2.61 bits per heavy atom. The summed E-state index contributed by atoms with van der Waals surface area (Å²) in [6.45, 7) is 1.79. The molecule has 33 heavy (non-hydrogen) atoms. The number of imide groups is 2. The van der Waals surface area contributed by atoms with Crippen molar-refractivity contribution in [3.63, 3.8) is 0 Å². The quantitative estimate of drug-likeness (QED) is 0.380. The third-order valence-corrected chi connectivity index (χ3v) is 5.96. The van der Waals surface area contributed by atoms with Crippen LogP contribution in [0.4, 0.5) is 16.2 Å². The van der Waals surface area contributed by atoms with Crippen LogP contribution in [0.1, 0.15) is 17.5 Å². The number of hydrogen-bond donors (Lipinski definition) is 1. The van der Waals surface area contributed by atoms with Crippen LogP contribution < -0.4 is 24.6 Å². The fourth-order valence-corrected chi connectivity index (χ4v) is 4.20. The molecule has 8 nitrogen and oxygen atoms in total. The lowest BCUT2D eigenvalue weighted by molar-refractivity contribution is -0.122. The number of rotatable bonds is 7. The number of halogens is 1. The average Bonchev–Trinajstić information content (AvgIpc) is 3.22. The molecule has 2 aromatic carbocycles. The number of urea groups is 1. The number of amides is 4. The third kappa shape index (κ3) is 4.39. The number of nitrogens with one attached hydrogen (secondary N) is 1. The maximum Gasteiger partial charge on any atom is 0.336 e. The van der Waals surface area contributed by atoms with Crippen molar-refractivity contribution < 1.29 is 23.9 Å². The van der Waals surface area contributed by atoms with Gasteiger partial charge < -0.3 is 14.4 Å². The summed E-state index contributed by atoms with van der Waals surface area (Å²) in [4.78, 5) is 41.6. The highest BCUT2D eigenvalue weighted by Crippen LogP contribution is 2.35. The van der Waals surface area contributed by atoms with Crippen molar-refractivity contribution in [1.29, 1.82) is 0 Å². The van der Waals surface area contributed by atoms with E-state index in [0.717, 1.165) is 42.1 Å². The van der Waals surface area contributed by atoms with Crippen molar-refractivity contribution >= 4 is 46.9 Å². The normalized spacial score (nSPS) is 16.8. The molecule has 0 aromatic heterocycles. The molecule has 4 rings (SSSR count). The molecule has 2 aliphatic heterocycles. The SMILES string of the molecule is COc1ccc(OC)c(N2C(=O)NC(=O)C(=Cc3ccc4c(c3)CCN4CCCCl)C2=O)c1. The molecule has 0 atom stereocenters. The lowest BCUT2D eigenvalue weighted by atomic mass is 10.0. The van der Waals surface area contributed by atoms with Crippen LogP contribution in [0.2, 0.25) is 0 Å². The predicted octanol–water partition coefficient (Wildman–Crippen LogP) is 3.36. The van der Waals surface area contributed by atoms with Crippen LogP contribution in [0.5, 0.6) is 11.5 Å². The van der Waals surface area contributed by atoms with Crippen molar-refractivity contribution in [1.82, 2.24) is 5.32 Å². The first kappa shape index (κ1) is 22.7. The molecular weight excluding hydrogens is 446 g/mol. The summed E-state index contributed by atoms with van der Waals surface area (Å²) >= 11 is 5.82. The molecule has 0 spiro atoms. The van der Waals surface area contributed by atoms with E-state index in [-0.39, 0.29) is 11.3 Å². The summed E-state index contributed by atoms with van der Waals surface area (Å²) in [5, 5.41) is 2.24. The van der Waals surface area contributed by atoms with Crippen LogP contribution in [0, 0.1) is 0 Å². The van der Waals surface area contributed by atoms with Crippen LogP contribution in [0.3, 0.4) is 0 Å². The molecule has 9 heteroatoms. The van der Waals surface area contributed by atoms with Gasteiger partial charge >= 0.3 is 6.03 Å². The fourth-order valence-electron chi connectivity index (χ4n) is 4.08. The molecule has 0 bridgehead atoms. The van der Waals surface area contributed by atoms with Crippen molar-refractivity contribution in [3.8, 4) is 11.5 Å². The number of carbonyl (C=O) groups is 3. The van der Waals surface area contributed by atoms with Crippen molar-refractivity contribution in [2.75, 3.05) is 43.0 Å². The Kier molecular flexibility index (Phi) is 6.55. The Hall–Kier alpha value is -3.52. The van der Waals surface area contributed by atoms with Gasteiger partial charge in [0.2, 0.25) is 0 Å². The lowest BCUT2D eigenvalue weighted by Gasteiger charge is -2.27. The van der Waals surface area contributed by atoms with E-state index < -0.39 is 17.8 Å². The molecule has 0 radical (unpaired) electrons. The van der Waals surface area contributed by atoms with E-state index in [0.29, 0.717) is 22.9 Å². The Morgan fingerprint density at radius 1 is 1.06 bits per heavy atom. The maximum atomic E-state index is 13.3. The van der Waals surface area contributed by atoms with Gasteiger partial charge in [0.1, 0.15) is 17.1 Å². The highest BCUT2D eigenvalue weighted by atomic mass is 35.5. The molecule has 2 heterocycles. The monoisotopic (exact) mass is 469 g/mol. The number of barbiturate groups is 1. The first-order valence-corrected chi connectivity index (χ1v) is 11.1. The van der Waals surface area contributed by atoms with Crippen LogP contribution in [0.15, 0.2) is 42.0 Å². The van der Waals surface area contributed by atoms with Gasteiger partial charge in [-0.3, -0.25) is 14.9 Å². The van der Waals surface area contributed by atoms with E-state index in [4.69, 9.17) is 21.1 Å². The maximum absolute atomic E-state index is 13.3. The highest BCUT2D eigenvalue weighted by molar-refractivity contribution is 6.39. The number of anilines is 2. The number of ether oxygens (including phenoxy) is 2. The van der Waals surface area contributed by atoms with E-state index >= 15 is 0 Å². The molecule has 2 aromatic rings. The molecule has 0 unspecified atom stereocenters. The van der Waals surface area contributed by atoms with Gasteiger partial charge in [-0.15, -0.1) is 11.6 Å². The smallest absolute Gasteiger partial charge is 0.336 e. The van der Waals surface area contributed by atoms with Gasteiger partial charge in [-0.1, -0.05) is 6.07 Å². The Labute approximate surface area is 196 Å². The Balaban J connectivity index is 1.67. The minimum absolute atomic E-state index is 0.142. The standard InChI is InChI=1S/C24H24ClN3O5/c1-32-17-5-7-21(33-2)20(14-17)28-23(30)18(22(29)26-24(28)31)13-15-4-6-19-16(12-15)8-11-27(19)10-3-9-25/h4-7,12-14H,3,8-11H2,1-2H3,(H,26,29,31). The van der Waals surface area contributed by atoms with Crippen molar-refractivity contribution in [2.24, 2.45) is 0 Å². The van der Waals surface area contributed by atoms with Crippen molar-refractivity contribution in [3.05, 3.63) is 53.1 Å². The number of alkyl halides is 1. The van der Waals surface area contributed by atoms with E-state index in [2.05, 4.69) is 10.2 Å². The molecule has 1 fully saturated rings. The topological polar surface area (TPSA) is 88.2 Å². The number of hydrogen-bond acceptors (Lipinski definition) is 6. The second-order valence-corrected chi connectivity index (χ2v) is 8.04. The zero-order valence-corrected chi connectivity index (χ0v) is 19.1. The Bertz CT molecular complexity index is 1150. The number of carbonyl (C=O) groups excluding carboxylic acids is 3. The fraction of sp³-hybridized carbons (Fsp3) is 0.292. The number of fused-ring (bicyclic) bond motifs is 1. The summed E-state index contributed by atoms with van der Waals surface area (Å²) < 4.78 is 10.5. The van der Waals surface area contributed by atoms with E-state index in [1.165, 1.54) is 26.4 Å². The second-order valence-electron chi connectivity index (χ2n) is 7.66. The van der Waals surface area contributed by atoms with Gasteiger partial charge in [0, 0.05) is 30.7 Å². The second kappa shape index (κ2) is 9.54. The largest absolute Gasteiger partial charge is 0.497 e. The van der Waals surface area contributed by atoms with Crippen LogP contribution >= 0.6 is 11.6 Å². The minimum atomic E-state index is -0.849. The van der Waals surface area contributed by atoms with Crippen molar-refractivity contribution in [2.45, 2.75) is 12.8 Å².